The van der Waals surface area contributed by atoms with E-state index in [0.29, 0.717) is 5.95 Å². The van der Waals surface area contributed by atoms with E-state index < -0.39 is 0 Å². The van der Waals surface area contributed by atoms with Crippen LogP contribution in [0.4, 0.5) is 5.95 Å². The summed E-state index contributed by atoms with van der Waals surface area (Å²) >= 11 is 0. The molecule has 0 unspecified atom stereocenters. The van der Waals surface area contributed by atoms with Gasteiger partial charge >= 0.3 is 0 Å². The lowest BCUT2D eigenvalue weighted by Crippen LogP contribution is -1.94. The maximum Gasteiger partial charge on any atom is 0.220 e. The van der Waals surface area contributed by atoms with Gasteiger partial charge in [-0.3, -0.25) is 0 Å². The molecule has 0 amide bonds. The molecule has 0 aliphatic rings. The fraction of sp³-hybridized carbons (Fsp3) is 0.167. The van der Waals surface area contributed by atoms with Gasteiger partial charge in [0.15, 0.2) is 0 Å². The van der Waals surface area contributed by atoms with Crippen molar-refractivity contribution in [3.63, 3.8) is 0 Å². The zero-order valence-corrected chi connectivity index (χ0v) is 8.64. The summed E-state index contributed by atoms with van der Waals surface area (Å²) < 4.78 is 0. The molecule has 2 N–H and O–H groups in total. The number of anilines is 1. The Hall–Kier alpha value is -1.90. The summed E-state index contributed by atoms with van der Waals surface area (Å²) in [5.41, 5.74) is 7.66. The molecule has 76 valence electrons. The van der Waals surface area contributed by atoms with Crippen LogP contribution >= 0.6 is 0 Å². The van der Waals surface area contributed by atoms with Crippen LogP contribution in [0.25, 0.3) is 10.9 Å². The molecule has 2 rings (SSSR count). The highest BCUT2D eigenvalue weighted by Crippen LogP contribution is 2.14. The topological polar surface area (TPSA) is 51.8 Å². The number of aromatic nitrogens is 2. The van der Waals surface area contributed by atoms with Crippen LogP contribution in [0, 0.1) is 0 Å². The SMILES string of the molecule is C/C=C\Cc1ccc2nc(N)ncc2c1. The third-order valence-corrected chi connectivity index (χ3v) is 2.25. The maximum atomic E-state index is 5.51. The second-order valence-electron chi connectivity index (χ2n) is 3.39. The van der Waals surface area contributed by atoms with E-state index in [-0.39, 0.29) is 0 Å². The van der Waals surface area contributed by atoms with Crippen molar-refractivity contribution in [2.45, 2.75) is 13.3 Å². The molecule has 1 heterocycles. The van der Waals surface area contributed by atoms with Crippen LogP contribution in [0.5, 0.6) is 0 Å². The quantitative estimate of drug-likeness (QED) is 0.755. The molecule has 3 heteroatoms. The van der Waals surface area contributed by atoms with Gasteiger partial charge in [0.25, 0.3) is 0 Å². The lowest BCUT2D eigenvalue weighted by atomic mass is 10.1. The number of hydrogen-bond donors (Lipinski definition) is 1. The van der Waals surface area contributed by atoms with Gasteiger partial charge in [0.05, 0.1) is 5.52 Å². The van der Waals surface area contributed by atoms with Crippen LogP contribution in [-0.4, -0.2) is 9.97 Å². The molecule has 0 aliphatic carbocycles. The third kappa shape index (κ3) is 2.13. The number of fused-ring (bicyclic) bond motifs is 1. The van der Waals surface area contributed by atoms with Gasteiger partial charge in [-0.2, -0.15) is 0 Å². The molecule has 0 fully saturated rings. The first-order valence-corrected chi connectivity index (χ1v) is 4.92. The van der Waals surface area contributed by atoms with Crippen LogP contribution in [-0.2, 0) is 6.42 Å². The summed E-state index contributed by atoms with van der Waals surface area (Å²) in [6.07, 6.45) is 6.87. The Kier molecular flexibility index (Phi) is 2.63. The van der Waals surface area contributed by atoms with Crippen molar-refractivity contribution >= 4 is 16.9 Å². The van der Waals surface area contributed by atoms with Gasteiger partial charge in [0.2, 0.25) is 5.95 Å². The Morgan fingerprint density at radius 1 is 1.40 bits per heavy atom. The summed E-state index contributed by atoms with van der Waals surface area (Å²) in [5.74, 6) is 0.323. The maximum absolute atomic E-state index is 5.51. The van der Waals surface area contributed by atoms with E-state index in [4.69, 9.17) is 5.73 Å². The van der Waals surface area contributed by atoms with Gasteiger partial charge in [0.1, 0.15) is 0 Å². The van der Waals surface area contributed by atoms with E-state index in [1.54, 1.807) is 6.20 Å². The number of nitrogens with two attached hydrogens (primary N) is 1. The average molecular weight is 199 g/mol. The molecule has 2 aromatic rings. The first-order chi connectivity index (χ1) is 7.29. The molecule has 0 aliphatic heterocycles. The monoisotopic (exact) mass is 199 g/mol. The molecule has 1 aromatic heterocycles. The summed E-state index contributed by atoms with van der Waals surface area (Å²) in [5, 5.41) is 1.03. The Balaban J connectivity index is 2.43. The molecule has 1 aromatic carbocycles. The van der Waals surface area contributed by atoms with Crippen molar-refractivity contribution in [2.24, 2.45) is 0 Å². The van der Waals surface area contributed by atoms with E-state index in [1.807, 2.05) is 19.1 Å². The molecule has 0 radical (unpaired) electrons. The number of hydrogen-bond acceptors (Lipinski definition) is 3. The number of nitrogen functional groups attached to an aromatic ring is 1. The van der Waals surface area contributed by atoms with Crippen molar-refractivity contribution in [2.75, 3.05) is 5.73 Å². The van der Waals surface area contributed by atoms with Crippen molar-refractivity contribution in [1.82, 2.24) is 9.97 Å². The van der Waals surface area contributed by atoms with Crippen molar-refractivity contribution < 1.29 is 0 Å². The number of nitrogens with zero attached hydrogens (tertiary/aromatic N) is 2. The predicted octanol–water partition coefficient (Wildman–Crippen LogP) is 2.33. The summed E-state index contributed by atoms with van der Waals surface area (Å²) in [4.78, 5) is 8.12. The standard InChI is InChI=1S/C12H13N3/c1-2-3-4-9-5-6-11-10(7-9)8-14-12(13)15-11/h2-3,5-8H,4H2,1H3,(H2,13,14,15)/b3-2-. The number of allylic oxidation sites excluding steroid dienone is 2. The van der Waals surface area contributed by atoms with Crippen molar-refractivity contribution in [3.05, 3.63) is 42.1 Å². The highest BCUT2D eigenvalue weighted by molar-refractivity contribution is 5.79. The minimum atomic E-state index is 0.323. The van der Waals surface area contributed by atoms with Gasteiger partial charge in [-0.15, -0.1) is 0 Å². The van der Waals surface area contributed by atoms with E-state index in [0.717, 1.165) is 17.3 Å². The van der Waals surface area contributed by atoms with E-state index in [2.05, 4.69) is 28.2 Å². The zero-order chi connectivity index (χ0) is 10.7. The lowest BCUT2D eigenvalue weighted by Gasteiger charge is -2.00. The van der Waals surface area contributed by atoms with Crippen molar-refractivity contribution in [1.29, 1.82) is 0 Å². The molecule has 0 atom stereocenters. The summed E-state index contributed by atoms with van der Waals surface area (Å²) in [6, 6.07) is 6.13. The van der Waals surface area contributed by atoms with E-state index in [9.17, 15) is 0 Å². The molecular formula is C12H13N3. The second kappa shape index (κ2) is 4.09. The van der Waals surface area contributed by atoms with Crippen LogP contribution < -0.4 is 5.73 Å². The average Bonchev–Trinajstić information content (AvgIpc) is 2.26. The predicted molar refractivity (Wildman–Crippen MR) is 62.5 cm³/mol. The first kappa shape index (κ1) is 9.65. The fourth-order valence-electron chi connectivity index (χ4n) is 1.48. The highest BCUT2D eigenvalue weighted by Gasteiger charge is 1.97. The van der Waals surface area contributed by atoms with Crippen LogP contribution in [0.15, 0.2) is 36.5 Å². The number of benzene rings is 1. The summed E-state index contributed by atoms with van der Waals surface area (Å²) in [7, 11) is 0. The second-order valence-corrected chi connectivity index (χ2v) is 3.39. The van der Waals surface area contributed by atoms with Gasteiger partial charge in [-0.25, -0.2) is 9.97 Å². The van der Waals surface area contributed by atoms with E-state index >= 15 is 0 Å². The van der Waals surface area contributed by atoms with Gasteiger partial charge in [-0.05, 0) is 31.0 Å². The lowest BCUT2D eigenvalue weighted by molar-refractivity contribution is 1.22. The smallest absolute Gasteiger partial charge is 0.220 e. The number of rotatable bonds is 2. The molecule has 15 heavy (non-hydrogen) atoms. The van der Waals surface area contributed by atoms with Crippen LogP contribution in [0.3, 0.4) is 0 Å². The Bertz CT molecular complexity index is 503. The Labute approximate surface area is 88.7 Å². The Morgan fingerprint density at radius 3 is 3.07 bits per heavy atom. The van der Waals surface area contributed by atoms with Gasteiger partial charge < -0.3 is 5.73 Å². The molecule has 3 nitrogen and oxygen atoms in total. The molecule has 0 saturated heterocycles. The largest absolute Gasteiger partial charge is 0.368 e. The minimum absolute atomic E-state index is 0.323. The fourth-order valence-corrected chi connectivity index (χ4v) is 1.48. The van der Waals surface area contributed by atoms with E-state index in [1.165, 1.54) is 5.56 Å². The highest BCUT2D eigenvalue weighted by atomic mass is 15.0. The van der Waals surface area contributed by atoms with Gasteiger partial charge in [0, 0.05) is 11.6 Å². The molecule has 0 saturated carbocycles. The minimum Gasteiger partial charge on any atom is -0.368 e. The first-order valence-electron chi connectivity index (χ1n) is 4.92. The molecular weight excluding hydrogens is 186 g/mol. The normalized spacial score (nSPS) is 11.3. The zero-order valence-electron chi connectivity index (χ0n) is 8.64. The van der Waals surface area contributed by atoms with Gasteiger partial charge in [-0.1, -0.05) is 18.2 Å². The van der Waals surface area contributed by atoms with Crippen LogP contribution in [0.2, 0.25) is 0 Å². The molecule has 0 spiro atoms. The molecule has 0 bridgehead atoms. The summed E-state index contributed by atoms with van der Waals surface area (Å²) in [6.45, 7) is 2.02. The van der Waals surface area contributed by atoms with Crippen LogP contribution in [0.1, 0.15) is 12.5 Å². The van der Waals surface area contributed by atoms with Crippen molar-refractivity contribution in [3.8, 4) is 0 Å². The Morgan fingerprint density at radius 2 is 2.27 bits per heavy atom. The third-order valence-electron chi connectivity index (χ3n) is 2.25.